The van der Waals surface area contributed by atoms with E-state index in [1.54, 1.807) is 4.90 Å². The van der Waals surface area contributed by atoms with E-state index in [-0.39, 0.29) is 5.91 Å². The summed E-state index contributed by atoms with van der Waals surface area (Å²) in [6, 6.07) is 19.1. The van der Waals surface area contributed by atoms with Gasteiger partial charge in [-0.25, -0.2) is 0 Å². The van der Waals surface area contributed by atoms with Crippen molar-refractivity contribution in [2.24, 2.45) is 0 Å². The lowest BCUT2D eigenvalue weighted by Crippen LogP contribution is -3.11. The molecule has 0 radical (unpaired) electrons. The summed E-state index contributed by atoms with van der Waals surface area (Å²) < 4.78 is 0. The fourth-order valence-corrected chi connectivity index (χ4v) is 3.33. The van der Waals surface area contributed by atoms with E-state index in [4.69, 9.17) is 0 Å². The molecule has 1 amide bonds. The number of hydrogen-bond donors (Lipinski definition) is 3. The summed E-state index contributed by atoms with van der Waals surface area (Å²) >= 11 is 0. The molecule has 1 fully saturated rings. The molecule has 2 aromatic carbocycles. The van der Waals surface area contributed by atoms with Gasteiger partial charge in [0.15, 0.2) is 6.54 Å². The maximum Gasteiger partial charge on any atom is 0.279 e. The average molecular weight is 325 g/mol. The van der Waals surface area contributed by atoms with Crippen LogP contribution >= 0.6 is 0 Å². The van der Waals surface area contributed by atoms with Crippen LogP contribution in [0.25, 0.3) is 0 Å². The lowest BCUT2D eigenvalue weighted by atomic mass is 10.2. The fraction of sp³-hybridized carbons (Fsp3) is 0.350. The first-order valence-electron chi connectivity index (χ1n) is 8.76. The van der Waals surface area contributed by atoms with Gasteiger partial charge in [-0.2, -0.15) is 0 Å². The molecule has 1 heterocycles. The van der Waals surface area contributed by atoms with Crippen molar-refractivity contribution in [2.45, 2.75) is 25.9 Å². The highest BCUT2D eigenvalue weighted by Crippen LogP contribution is 2.07. The third-order valence-corrected chi connectivity index (χ3v) is 4.69. The van der Waals surface area contributed by atoms with E-state index >= 15 is 0 Å². The maximum absolute atomic E-state index is 12.1. The van der Waals surface area contributed by atoms with E-state index in [1.807, 2.05) is 31.2 Å². The van der Waals surface area contributed by atoms with Crippen molar-refractivity contribution in [3.8, 4) is 0 Å². The molecule has 1 unspecified atom stereocenters. The van der Waals surface area contributed by atoms with Crippen molar-refractivity contribution in [1.29, 1.82) is 0 Å². The molecule has 2 aromatic rings. The summed E-state index contributed by atoms with van der Waals surface area (Å²) in [4.78, 5) is 13.7. The molecule has 126 valence electrons. The van der Waals surface area contributed by atoms with Crippen LogP contribution in [-0.4, -0.2) is 31.6 Å². The van der Waals surface area contributed by atoms with Gasteiger partial charge in [-0.15, -0.1) is 0 Å². The molecule has 0 saturated carbocycles. The van der Waals surface area contributed by atoms with Crippen LogP contribution in [0.5, 0.6) is 0 Å². The van der Waals surface area contributed by atoms with Crippen molar-refractivity contribution in [3.05, 3.63) is 65.7 Å². The van der Waals surface area contributed by atoms with Crippen LogP contribution in [0.1, 0.15) is 17.5 Å². The molecule has 0 spiro atoms. The van der Waals surface area contributed by atoms with Gasteiger partial charge in [-0.3, -0.25) is 4.79 Å². The zero-order valence-electron chi connectivity index (χ0n) is 14.3. The quantitative estimate of drug-likeness (QED) is 0.705. The number of hydrogen-bond acceptors (Lipinski definition) is 1. The summed E-state index contributed by atoms with van der Waals surface area (Å²) in [5.74, 6) is 0.0790. The van der Waals surface area contributed by atoms with Crippen LogP contribution in [0.3, 0.4) is 0 Å². The number of carbonyl (C=O) groups excluding carboxylic acids is 1. The number of amides is 1. The van der Waals surface area contributed by atoms with E-state index in [2.05, 4.69) is 41.0 Å². The summed E-state index contributed by atoms with van der Waals surface area (Å²) in [7, 11) is 0. The Bertz CT molecular complexity index is 654. The predicted octanol–water partition coefficient (Wildman–Crippen LogP) is 0.354. The number of rotatable bonds is 6. The minimum atomic E-state index is 0.0790. The molecule has 0 bridgehead atoms. The Hall–Kier alpha value is -2.17. The Morgan fingerprint density at radius 1 is 1.17 bits per heavy atom. The van der Waals surface area contributed by atoms with Crippen molar-refractivity contribution < 1.29 is 15.0 Å². The average Bonchev–Trinajstić information content (AvgIpc) is 3.03. The summed E-state index contributed by atoms with van der Waals surface area (Å²) in [6.45, 7) is 5.95. The highest BCUT2D eigenvalue weighted by Gasteiger charge is 2.29. The minimum Gasteiger partial charge on any atom is -0.331 e. The molecule has 1 aliphatic rings. The molecule has 4 nitrogen and oxygen atoms in total. The van der Waals surface area contributed by atoms with Crippen molar-refractivity contribution in [2.75, 3.05) is 25.0 Å². The van der Waals surface area contributed by atoms with Crippen molar-refractivity contribution in [1.82, 2.24) is 0 Å². The Balaban J connectivity index is 1.39. The van der Waals surface area contributed by atoms with Crippen LogP contribution < -0.4 is 15.5 Å². The van der Waals surface area contributed by atoms with Crippen LogP contribution in [-0.2, 0) is 11.3 Å². The Kier molecular flexibility index (Phi) is 5.62. The first kappa shape index (κ1) is 16.7. The summed E-state index contributed by atoms with van der Waals surface area (Å²) in [5, 5.41) is 5.16. The zero-order valence-corrected chi connectivity index (χ0v) is 14.3. The Morgan fingerprint density at radius 2 is 1.92 bits per heavy atom. The molecule has 2 atom stereocenters. The first-order chi connectivity index (χ1) is 11.7. The third-order valence-electron chi connectivity index (χ3n) is 4.69. The third kappa shape index (κ3) is 4.91. The van der Waals surface area contributed by atoms with Crippen molar-refractivity contribution in [3.63, 3.8) is 0 Å². The summed E-state index contributed by atoms with van der Waals surface area (Å²) in [5.41, 5.74) is 3.47. The van der Waals surface area contributed by atoms with E-state index in [9.17, 15) is 4.79 Å². The lowest BCUT2D eigenvalue weighted by molar-refractivity contribution is -0.910. The van der Waals surface area contributed by atoms with E-state index in [0.717, 1.165) is 18.8 Å². The van der Waals surface area contributed by atoms with Gasteiger partial charge in [0.25, 0.3) is 5.91 Å². The second-order valence-electron chi connectivity index (χ2n) is 6.77. The molecule has 0 aliphatic carbocycles. The number of carbonyl (C=O) groups is 1. The second-order valence-corrected chi connectivity index (χ2v) is 6.77. The van der Waals surface area contributed by atoms with Gasteiger partial charge in [-0.05, 0) is 19.1 Å². The molecule has 24 heavy (non-hydrogen) atoms. The van der Waals surface area contributed by atoms with E-state index < -0.39 is 0 Å². The van der Waals surface area contributed by atoms with Gasteiger partial charge in [0.2, 0.25) is 0 Å². The largest absolute Gasteiger partial charge is 0.331 e. The maximum atomic E-state index is 12.1. The fourth-order valence-electron chi connectivity index (χ4n) is 3.33. The molecule has 1 saturated heterocycles. The number of benzene rings is 2. The van der Waals surface area contributed by atoms with Crippen LogP contribution in [0.15, 0.2) is 54.6 Å². The molecule has 1 aliphatic heterocycles. The Labute approximate surface area is 143 Å². The molecular formula is C20H27N3O+2. The number of anilines is 1. The first-order valence-corrected chi connectivity index (χ1v) is 8.76. The van der Waals surface area contributed by atoms with Gasteiger partial charge in [-0.1, -0.05) is 48.0 Å². The molecule has 4 heteroatoms. The number of likely N-dealkylation sites (tertiary alicyclic amines) is 1. The van der Waals surface area contributed by atoms with Gasteiger partial charge in [0.1, 0.15) is 19.1 Å². The van der Waals surface area contributed by atoms with Gasteiger partial charge in [0.05, 0.1) is 13.0 Å². The number of nitrogens with one attached hydrogen (secondary N) is 2. The molecule has 0 aromatic heterocycles. The second kappa shape index (κ2) is 8.08. The lowest BCUT2D eigenvalue weighted by Gasteiger charge is -2.12. The van der Waals surface area contributed by atoms with Crippen molar-refractivity contribution >= 4 is 11.6 Å². The van der Waals surface area contributed by atoms with Crippen LogP contribution in [0.4, 0.5) is 5.69 Å². The predicted molar refractivity (Wildman–Crippen MR) is 95.8 cm³/mol. The topological polar surface area (TPSA) is 50.1 Å². The molecule has 3 rings (SSSR count). The number of quaternary nitrogens is 2. The normalized spacial score (nSPS) is 20.0. The van der Waals surface area contributed by atoms with Gasteiger partial charge < -0.3 is 15.5 Å². The van der Waals surface area contributed by atoms with Crippen LogP contribution in [0, 0.1) is 6.92 Å². The standard InChI is InChI=1S/C20H25N3O/c1-16-7-9-18(10-8-16)22-20(24)13-21-19-11-12-23(15-19)14-17-5-3-2-4-6-17/h2-10,19,21H,11-15H2,1H3,(H,22,24)/p+2/t19-/m1/s1. The SMILES string of the molecule is Cc1ccc(NC(=O)C[NH2+][C@@H]2CC[NH+](Cc3ccccc3)C2)cc1. The monoisotopic (exact) mass is 325 g/mol. The summed E-state index contributed by atoms with van der Waals surface area (Å²) in [6.07, 6.45) is 1.18. The smallest absolute Gasteiger partial charge is 0.279 e. The van der Waals surface area contributed by atoms with E-state index in [0.29, 0.717) is 12.6 Å². The molecular weight excluding hydrogens is 298 g/mol. The van der Waals surface area contributed by atoms with Gasteiger partial charge in [0, 0.05) is 11.3 Å². The number of aryl methyl sites for hydroxylation is 1. The molecule has 4 N–H and O–H groups in total. The zero-order chi connectivity index (χ0) is 16.8. The minimum absolute atomic E-state index is 0.0790. The number of nitrogens with two attached hydrogens (primary N) is 1. The van der Waals surface area contributed by atoms with Crippen LogP contribution in [0.2, 0.25) is 0 Å². The van der Waals surface area contributed by atoms with E-state index in [1.165, 1.54) is 24.1 Å². The highest BCUT2D eigenvalue weighted by molar-refractivity contribution is 5.91. The van der Waals surface area contributed by atoms with Gasteiger partial charge >= 0.3 is 0 Å². The Morgan fingerprint density at radius 3 is 2.67 bits per heavy atom. The highest BCUT2D eigenvalue weighted by atomic mass is 16.1.